The van der Waals surface area contributed by atoms with E-state index < -0.39 is 0 Å². The Morgan fingerprint density at radius 3 is 2.36 bits per heavy atom. The number of carbonyl (C=O) groups excluding carboxylic acids is 2. The third-order valence-corrected chi connectivity index (χ3v) is 4.13. The van der Waals surface area contributed by atoms with E-state index in [2.05, 4.69) is 5.32 Å². The number of carbonyl (C=O) groups is 2. The SMILES string of the molecule is COc1ccc(/C=C/C(=O)Nc2ccc(N)cc2C(=O)c2ccccc2)cc1. The van der Waals surface area contributed by atoms with Crippen molar-refractivity contribution in [2.45, 2.75) is 0 Å². The largest absolute Gasteiger partial charge is 0.497 e. The van der Waals surface area contributed by atoms with Crippen LogP contribution in [0, 0.1) is 0 Å². The molecule has 0 fully saturated rings. The molecule has 1 amide bonds. The highest BCUT2D eigenvalue weighted by Gasteiger charge is 2.15. The Bertz CT molecular complexity index is 1010. The second kappa shape index (κ2) is 8.68. The van der Waals surface area contributed by atoms with Gasteiger partial charge in [0.1, 0.15) is 5.75 Å². The second-order valence-corrected chi connectivity index (χ2v) is 6.10. The summed E-state index contributed by atoms with van der Waals surface area (Å²) >= 11 is 0. The van der Waals surface area contributed by atoms with Gasteiger partial charge in [-0.15, -0.1) is 0 Å². The highest BCUT2D eigenvalue weighted by atomic mass is 16.5. The molecular formula is C23H20N2O3. The first-order valence-electron chi connectivity index (χ1n) is 8.69. The fourth-order valence-corrected chi connectivity index (χ4v) is 2.67. The minimum Gasteiger partial charge on any atom is -0.497 e. The van der Waals surface area contributed by atoms with Gasteiger partial charge in [-0.25, -0.2) is 0 Å². The van der Waals surface area contributed by atoms with Crippen LogP contribution in [0.15, 0.2) is 78.9 Å². The van der Waals surface area contributed by atoms with Crippen LogP contribution in [0.5, 0.6) is 5.75 Å². The van der Waals surface area contributed by atoms with Gasteiger partial charge in [0.25, 0.3) is 0 Å². The molecular weight excluding hydrogens is 352 g/mol. The van der Waals surface area contributed by atoms with Crippen LogP contribution in [0.3, 0.4) is 0 Å². The van der Waals surface area contributed by atoms with Crippen LogP contribution in [0.4, 0.5) is 11.4 Å². The Morgan fingerprint density at radius 2 is 1.68 bits per heavy atom. The van der Waals surface area contributed by atoms with Gasteiger partial charge >= 0.3 is 0 Å². The maximum Gasteiger partial charge on any atom is 0.248 e. The molecule has 0 saturated carbocycles. The molecule has 0 heterocycles. The molecule has 5 nitrogen and oxygen atoms in total. The monoisotopic (exact) mass is 372 g/mol. The topological polar surface area (TPSA) is 81.4 Å². The standard InChI is InChI=1S/C23H20N2O3/c1-28-19-11-7-16(8-12-19)9-14-22(26)25-21-13-10-18(24)15-20(21)23(27)17-5-3-2-4-6-17/h2-15H,24H2,1H3,(H,25,26)/b14-9+. The Kier molecular flexibility index (Phi) is 5.87. The van der Waals surface area contributed by atoms with Crippen LogP contribution in [0.2, 0.25) is 0 Å². The first-order valence-corrected chi connectivity index (χ1v) is 8.69. The summed E-state index contributed by atoms with van der Waals surface area (Å²) in [5.41, 5.74) is 8.43. The lowest BCUT2D eigenvalue weighted by atomic mass is 10.0. The fraction of sp³-hybridized carbons (Fsp3) is 0.0435. The van der Waals surface area contributed by atoms with Gasteiger partial charge in [0.05, 0.1) is 12.8 Å². The summed E-state index contributed by atoms with van der Waals surface area (Å²) in [4.78, 5) is 25.1. The van der Waals surface area contributed by atoms with Gasteiger partial charge < -0.3 is 15.8 Å². The van der Waals surface area contributed by atoms with E-state index in [1.54, 1.807) is 55.7 Å². The summed E-state index contributed by atoms with van der Waals surface area (Å²) in [5, 5.41) is 2.75. The average molecular weight is 372 g/mol. The van der Waals surface area contributed by atoms with Crippen molar-refractivity contribution in [3.63, 3.8) is 0 Å². The molecule has 0 atom stereocenters. The number of amides is 1. The van der Waals surface area contributed by atoms with Gasteiger partial charge in [-0.05, 0) is 42.0 Å². The summed E-state index contributed by atoms with van der Waals surface area (Å²) in [7, 11) is 1.60. The van der Waals surface area contributed by atoms with E-state index >= 15 is 0 Å². The zero-order chi connectivity index (χ0) is 19.9. The number of nitrogens with two attached hydrogens (primary N) is 1. The van der Waals surface area contributed by atoms with Gasteiger partial charge in [-0.3, -0.25) is 9.59 Å². The highest BCUT2D eigenvalue weighted by molar-refractivity contribution is 6.15. The number of benzene rings is 3. The van der Waals surface area contributed by atoms with Crippen molar-refractivity contribution in [2.75, 3.05) is 18.2 Å². The molecule has 0 bridgehead atoms. The van der Waals surface area contributed by atoms with Gasteiger partial charge in [-0.2, -0.15) is 0 Å². The summed E-state index contributed by atoms with van der Waals surface area (Å²) in [6.45, 7) is 0. The number of hydrogen-bond donors (Lipinski definition) is 2. The molecule has 3 rings (SSSR count). The number of anilines is 2. The van der Waals surface area contributed by atoms with Crippen LogP contribution >= 0.6 is 0 Å². The molecule has 0 aliphatic heterocycles. The summed E-state index contributed by atoms with van der Waals surface area (Å²) in [6, 6.07) is 21.0. The predicted molar refractivity (Wildman–Crippen MR) is 111 cm³/mol. The number of nitrogen functional groups attached to an aromatic ring is 1. The lowest BCUT2D eigenvalue weighted by molar-refractivity contribution is -0.111. The lowest BCUT2D eigenvalue weighted by Crippen LogP contribution is -2.13. The summed E-state index contributed by atoms with van der Waals surface area (Å²) < 4.78 is 5.11. The minimum absolute atomic E-state index is 0.206. The number of nitrogens with one attached hydrogen (secondary N) is 1. The van der Waals surface area contributed by atoms with E-state index in [1.807, 2.05) is 30.3 Å². The molecule has 0 aromatic heterocycles. The molecule has 0 aliphatic rings. The zero-order valence-electron chi connectivity index (χ0n) is 15.4. The van der Waals surface area contributed by atoms with Crippen molar-refractivity contribution in [3.05, 3.63) is 95.6 Å². The van der Waals surface area contributed by atoms with Gasteiger partial charge in [0.2, 0.25) is 5.91 Å². The molecule has 140 valence electrons. The highest BCUT2D eigenvalue weighted by Crippen LogP contribution is 2.22. The molecule has 3 aromatic rings. The lowest BCUT2D eigenvalue weighted by Gasteiger charge is -2.10. The maximum absolute atomic E-state index is 12.8. The Balaban J connectivity index is 1.79. The van der Waals surface area contributed by atoms with E-state index in [4.69, 9.17) is 10.5 Å². The van der Waals surface area contributed by atoms with Crippen molar-refractivity contribution in [3.8, 4) is 5.75 Å². The van der Waals surface area contributed by atoms with Gasteiger partial charge in [0.15, 0.2) is 5.78 Å². The van der Waals surface area contributed by atoms with Crippen LogP contribution in [-0.2, 0) is 4.79 Å². The third-order valence-electron chi connectivity index (χ3n) is 4.13. The zero-order valence-corrected chi connectivity index (χ0v) is 15.4. The first kappa shape index (κ1) is 18.9. The molecule has 0 radical (unpaired) electrons. The van der Waals surface area contributed by atoms with Crippen molar-refractivity contribution < 1.29 is 14.3 Å². The Labute approximate surface area is 163 Å². The van der Waals surface area contributed by atoms with Crippen LogP contribution < -0.4 is 15.8 Å². The third kappa shape index (κ3) is 4.65. The predicted octanol–water partition coefficient (Wildman–Crippen LogP) is 4.16. The van der Waals surface area contributed by atoms with Crippen LogP contribution in [0.1, 0.15) is 21.5 Å². The second-order valence-electron chi connectivity index (χ2n) is 6.10. The first-order chi connectivity index (χ1) is 13.6. The molecule has 3 N–H and O–H groups in total. The maximum atomic E-state index is 12.8. The minimum atomic E-state index is -0.345. The van der Waals surface area contributed by atoms with E-state index in [0.717, 1.165) is 11.3 Å². The fourth-order valence-electron chi connectivity index (χ4n) is 2.67. The van der Waals surface area contributed by atoms with Crippen LogP contribution in [-0.4, -0.2) is 18.8 Å². The Hall–Kier alpha value is -3.86. The van der Waals surface area contributed by atoms with Crippen molar-refractivity contribution >= 4 is 29.1 Å². The van der Waals surface area contributed by atoms with Crippen molar-refractivity contribution in [1.29, 1.82) is 0 Å². The molecule has 3 aromatic carbocycles. The number of hydrogen-bond acceptors (Lipinski definition) is 4. The van der Waals surface area contributed by atoms with E-state index in [1.165, 1.54) is 6.08 Å². The normalized spacial score (nSPS) is 10.6. The number of rotatable bonds is 6. The Morgan fingerprint density at radius 1 is 0.964 bits per heavy atom. The number of methoxy groups -OCH3 is 1. The van der Waals surface area contributed by atoms with Crippen molar-refractivity contribution in [1.82, 2.24) is 0 Å². The van der Waals surface area contributed by atoms with E-state index in [9.17, 15) is 9.59 Å². The van der Waals surface area contributed by atoms with Crippen molar-refractivity contribution in [2.24, 2.45) is 0 Å². The molecule has 5 heteroatoms. The molecule has 0 spiro atoms. The molecule has 0 saturated heterocycles. The summed E-state index contributed by atoms with van der Waals surface area (Å²) in [6.07, 6.45) is 3.10. The molecule has 0 unspecified atom stereocenters. The number of ether oxygens (including phenoxy) is 1. The quantitative estimate of drug-likeness (QED) is 0.387. The van der Waals surface area contributed by atoms with Gasteiger partial charge in [0, 0.05) is 22.9 Å². The van der Waals surface area contributed by atoms with E-state index in [-0.39, 0.29) is 11.7 Å². The number of ketones is 1. The smallest absolute Gasteiger partial charge is 0.248 e. The molecule has 0 aliphatic carbocycles. The summed E-state index contributed by atoms with van der Waals surface area (Å²) in [5.74, 6) is 0.192. The van der Waals surface area contributed by atoms with E-state index in [0.29, 0.717) is 22.5 Å². The van der Waals surface area contributed by atoms with Gasteiger partial charge in [-0.1, -0.05) is 42.5 Å². The molecule has 28 heavy (non-hydrogen) atoms. The van der Waals surface area contributed by atoms with Crippen LogP contribution in [0.25, 0.3) is 6.08 Å². The average Bonchev–Trinajstić information content (AvgIpc) is 2.74.